The molecule has 0 aromatic heterocycles. The van der Waals surface area contributed by atoms with E-state index in [-0.39, 0.29) is 37.5 Å². The van der Waals surface area contributed by atoms with E-state index in [4.69, 9.17) is 14.2 Å². The van der Waals surface area contributed by atoms with Crippen molar-refractivity contribution in [2.75, 3.05) is 70.6 Å². The maximum atomic E-state index is 12.6. The Morgan fingerprint density at radius 2 is 0.923 bits per heavy atom. The maximum absolute atomic E-state index is 12.6. The van der Waals surface area contributed by atoms with Crippen LogP contribution < -0.4 is 0 Å². The van der Waals surface area contributed by atoms with Crippen molar-refractivity contribution in [3.05, 3.63) is 0 Å². The summed E-state index contributed by atoms with van der Waals surface area (Å²) in [5, 5.41) is 0. The van der Waals surface area contributed by atoms with Crippen LogP contribution in [-0.4, -0.2) is 98.3 Å². The fraction of sp³-hybridized carbons (Fsp3) is 0.929. The first-order valence-electron chi connectivity index (χ1n) is 21.6. The Kier molecular flexibility index (Phi) is 39.0. The Hall–Kier alpha value is -0.970. The van der Waals surface area contributed by atoms with Crippen molar-refractivity contribution < 1.29 is 28.6 Å². The number of carbonyl (C=O) groups excluding carboxylic acids is 3. The average Bonchev–Trinajstić information content (AvgIpc) is 3.14. The smallest absolute Gasteiger partial charge is 0.307 e. The van der Waals surface area contributed by atoms with Crippen LogP contribution in [0.25, 0.3) is 0 Å². The first kappa shape index (κ1) is 51.0. The summed E-state index contributed by atoms with van der Waals surface area (Å²) in [6.07, 6.45) is 24.6. The van der Waals surface area contributed by atoms with Crippen LogP contribution in [0.4, 0.5) is 0 Å². The lowest BCUT2D eigenvalue weighted by Gasteiger charge is -2.24. The molecule has 0 radical (unpaired) electrons. The zero-order valence-corrected chi connectivity index (χ0v) is 36.2. The molecule has 1 unspecified atom stereocenters. The van der Waals surface area contributed by atoms with Gasteiger partial charge in [-0.3, -0.25) is 14.4 Å². The molecule has 0 saturated carbocycles. The predicted octanol–water partition coefficient (Wildman–Crippen LogP) is 10.9. The average molecular weight is 775 g/mol. The Morgan fingerprint density at radius 1 is 0.462 bits per heavy atom. The number of unbranched alkanes of at least 4 members (excludes halogenated alkanes) is 13. The third-order valence-electron chi connectivity index (χ3n) is 9.70. The summed E-state index contributed by atoms with van der Waals surface area (Å²) < 4.78 is 16.4. The van der Waals surface area contributed by atoms with Gasteiger partial charge in [0.05, 0.1) is 12.8 Å². The van der Waals surface area contributed by atoms with E-state index in [0.29, 0.717) is 38.5 Å². The molecule has 0 aromatic carbocycles. The number of hydrogen-bond donors (Lipinski definition) is 0. The van der Waals surface area contributed by atoms with E-state index in [1.807, 2.05) is 10.8 Å². The van der Waals surface area contributed by atoms with Gasteiger partial charge in [0, 0.05) is 31.0 Å². The Morgan fingerprint density at radius 3 is 1.50 bits per heavy atom. The Bertz CT molecular complexity index is 817. The van der Waals surface area contributed by atoms with Crippen LogP contribution in [0, 0.1) is 5.92 Å². The van der Waals surface area contributed by atoms with Gasteiger partial charge in [0.2, 0.25) is 0 Å². The van der Waals surface area contributed by atoms with E-state index in [1.54, 1.807) is 10.8 Å². The molecule has 0 fully saturated rings. The third kappa shape index (κ3) is 34.8. The second-order valence-corrected chi connectivity index (χ2v) is 17.0. The van der Waals surface area contributed by atoms with Crippen molar-refractivity contribution in [3.63, 3.8) is 0 Å². The monoisotopic (exact) mass is 775 g/mol. The van der Waals surface area contributed by atoms with Crippen molar-refractivity contribution in [2.24, 2.45) is 5.92 Å². The minimum atomic E-state index is -0.308. The number of esters is 3. The quantitative estimate of drug-likeness (QED) is 0.0260. The summed E-state index contributed by atoms with van der Waals surface area (Å²) >= 11 is 0. The van der Waals surface area contributed by atoms with Crippen molar-refractivity contribution in [1.29, 1.82) is 0 Å². The summed E-state index contributed by atoms with van der Waals surface area (Å²) in [4.78, 5) is 42.2. The predicted molar refractivity (Wildman–Crippen MR) is 224 cm³/mol. The lowest BCUT2D eigenvalue weighted by atomic mass is 9.92. The highest BCUT2D eigenvalue weighted by atomic mass is 33.1. The number of carbonyl (C=O) groups is 3. The summed E-state index contributed by atoms with van der Waals surface area (Å²) in [6, 6.07) is 0. The van der Waals surface area contributed by atoms with Gasteiger partial charge in [-0.05, 0) is 57.8 Å². The number of hydrogen-bond acceptors (Lipinski definition) is 10. The van der Waals surface area contributed by atoms with E-state index < -0.39 is 0 Å². The summed E-state index contributed by atoms with van der Waals surface area (Å²) in [5.74, 6) is 1.65. The molecule has 0 spiro atoms. The first-order chi connectivity index (χ1) is 25.4. The van der Waals surface area contributed by atoms with Crippen molar-refractivity contribution in [3.8, 4) is 0 Å². The highest BCUT2D eigenvalue weighted by Crippen LogP contribution is 2.23. The molecule has 10 heteroatoms. The summed E-state index contributed by atoms with van der Waals surface area (Å²) in [7, 11) is 3.67. The standard InChI is InChI=1S/C42H82N2O6S2/c1-6-11-14-16-18-19-21-23-36-51-52-37-35-50-41(46)28-32-44(30-24-29-43(9-4)10-5)31-27-40(45)48-33-34-49-42(47)38-39(25-13-8-3)26-22-20-17-15-12-7-2/h39H,6-38H2,1-5H3. The molecule has 0 aromatic rings. The lowest BCUT2D eigenvalue weighted by Crippen LogP contribution is -2.33. The van der Waals surface area contributed by atoms with Gasteiger partial charge < -0.3 is 24.0 Å². The zero-order valence-electron chi connectivity index (χ0n) is 34.6. The fourth-order valence-electron chi connectivity index (χ4n) is 6.30. The topological polar surface area (TPSA) is 85.4 Å². The molecule has 0 bridgehead atoms. The largest absolute Gasteiger partial charge is 0.465 e. The van der Waals surface area contributed by atoms with Crippen LogP contribution in [0.5, 0.6) is 0 Å². The molecule has 52 heavy (non-hydrogen) atoms. The molecule has 0 saturated heterocycles. The van der Waals surface area contributed by atoms with Gasteiger partial charge in [0.1, 0.15) is 19.8 Å². The second-order valence-electron chi connectivity index (χ2n) is 14.3. The van der Waals surface area contributed by atoms with Crippen LogP contribution >= 0.6 is 21.6 Å². The van der Waals surface area contributed by atoms with Crippen LogP contribution in [0.3, 0.4) is 0 Å². The van der Waals surface area contributed by atoms with E-state index in [0.717, 1.165) is 69.8 Å². The number of ether oxygens (including phenoxy) is 3. The van der Waals surface area contributed by atoms with Crippen LogP contribution in [0.1, 0.15) is 176 Å². The highest BCUT2D eigenvalue weighted by Gasteiger charge is 2.16. The Labute approximate surface area is 329 Å². The van der Waals surface area contributed by atoms with Crippen LogP contribution in [0.15, 0.2) is 0 Å². The van der Waals surface area contributed by atoms with Crippen molar-refractivity contribution in [1.82, 2.24) is 9.80 Å². The molecule has 0 N–H and O–H groups in total. The molecule has 308 valence electrons. The number of rotatable bonds is 40. The fourth-order valence-corrected chi connectivity index (χ4v) is 8.27. The molecule has 8 nitrogen and oxygen atoms in total. The van der Waals surface area contributed by atoms with Crippen LogP contribution in [0.2, 0.25) is 0 Å². The molecule has 0 heterocycles. The maximum Gasteiger partial charge on any atom is 0.307 e. The molecule has 0 aliphatic heterocycles. The van der Waals surface area contributed by atoms with Gasteiger partial charge in [0.15, 0.2) is 0 Å². The number of nitrogens with zero attached hydrogens (tertiary/aromatic N) is 2. The van der Waals surface area contributed by atoms with Gasteiger partial charge in [0.25, 0.3) is 0 Å². The first-order valence-corrected chi connectivity index (χ1v) is 24.0. The van der Waals surface area contributed by atoms with E-state index in [1.165, 1.54) is 89.9 Å². The molecular weight excluding hydrogens is 693 g/mol. The van der Waals surface area contributed by atoms with Gasteiger partial charge >= 0.3 is 17.9 Å². The highest BCUT2D eigenvalue weighted by molar-refractivity contribution is 8.76. The van der Waals surface area contributed by atoms with Crippen molar-refractivity contribution in [2.45, 2.75) is 176 Å². The minimum Gasteiger partial charge on any atom is -0.465 e. The minimum absolute atomic E-state index is 0.0747. The second kappa shape index (κ2) is 39.7. The summed E-state index contributed by atoms with van der Waals surface area (Å²) in [6.45, 7) is 16.5. The van der Waals surface area contributed by atoms with Gasteiger partial charge in [-0.15, -0.1) is 0 Å². The van der Waals surface area contributed by atoms with E-state index in [9.17, 15) is 14.4 Å². The van der Waals surface area contributed by atoms with Gasteiger partial charge in [-0.1, -0.05) is 153 Å². The molecule has 0 amide bonds. The van der Waals surface area contributed by atoms with Crippen molar-refractivity contribution >= 4 is 39.5 Å². The lowest BCUT2D eigenvalue weighted by molar-refractivity contribution is -0.153. The SMILES string of the molecule is CCCCCCCCCCSSCCOC(=O)CCN(CCCN(CC)CC)CCC(=O)OCCOC(=O)CC(CCCC)CCCCCCCC. The Balaban J connectivity index is 4.36. The van der Waals surface area contributed by atoms with E-state index in [2.05, 4.69) is 44.4 Å². The van der Waals surface area contributed by atoms with E-state index >= 15 is 0 Å². The molecule has 0 rings (SSSR count). The normalized spacial score (nSPS) is 12.1. The summed E-state index contributed by atoms with van der Waals surface area (Å²) in [5.41, 5.74) is 0. The molecule has 0 aliphatic rings. The zero-order chi connectivity index (χ0) is 38.3. The molecule has 0 aliphatic carbocycles. The molecular formula is C42H82N2O6S2. The third-order valence-corrected chi connectivity index (χ3v) is 12.2. The molecule has 1 atom stereocenters. The van der Waals surface area contributed by atoms with Gasteiger partial charge in [-0.2, -0.15) is 0 Å². The van der Waals surface area contributed by atoms with Crippen LogP contribution in [-0.2, 0) is 28.6 Å². The van der Waals surface area contributed by atoms with Gasteiger partial charge in [-0.25, -0.2) is 0 Å².